The van der Waals surface area contributed by atoms with Gasteiger partial charge in [-0.3, -0.25) is 0 Å². The predicted octanol–water partition coefficient (Wildman–Crippen LogP) is 2.44. The second-order valence-corrected chi connectivity index (χ2v) is 5.57. The first-order valence-electron chi connectivity index (χ1n) is 5.65. The molecule has 1 aliphatic rings. The van der Waals surface area contributed by atoms with Crippen LogP contribution in [0.2, 0.25) is 0 Å². The molecule has 0 radical (unpaired) electrons. The molecule has 2 atom stereocenters. The van der Waals surface area contributed by atoms with Crippen LogP contribution in [0.1, 0.15) is 40.0 Å². The van der Waals surface area contributed by atoms with Crippen LogP contribution in [0.5, 0.6) is 0 Å². The Bertz CT molecular complexity index is 191. The van der Waals surface area contributed by atoms with Gasteiger partial charge < -0.3 is 10.1 Å². The largest absolute Gasteiger partial charge is 0.377 e. The lowest BCUT2D eigenvalue weighted by molar-refractivity contribution is -0.0974. The molecule has 1 aliphatic carbocycles. The minimum absolute atomic E-state index is 0.0737. The molecule has 2 nitrogen and oxygen atoms in total. The number of hydrogen-bond acceptors (Lipinski definition) is 2. The highest BCUT2D eigenvalue weighted by molar-refractivity contribution is 4.96. The number of methoxy groups -OCH3 is 1. The van der Waals surface area contributed by atoms with Crippen molar-refractivity contribution in [3.05, 3.63) is 0 Å². The Morgan fingerprint density at radius 2 is 2.00 bits per heavy atom. The fourth-order valence-electron chi connectivity index (χ4n) is 2.85. The molecule has 0 aromatic rings. The zero-order chi connectivity index (χ0) is 10.8. The van der Waals surface area contributed by atoms with Gasteiger partial charge in [0.2, 0.25) is 0 Å². The molecule has 0 spiro atoms. The number of hydrogen-bond donors (Lipinski definition) is 1. The molecule has 0 aliphatic heterocycles. The van der Waals surface area contributed by atoms with Crippen molar-refractivity contribution in [3.8, 4) is 0 Å². The van der Waals surface area contributed by atoms with Gasteiger partial charge in [-0.25, -0.2) is 0 Å². The summed E-state index contributed by atoms with van der Waals surface area (Å²) in [6, 6.07) is 0. The van der Waals surface area contributed by atoms with Gasteiger partial charge in [-0.05, 0) is 37.6 Å². The smallest absolute Gasteiger partial charge is 0.0828 e. The molecule has 2 heteroatoms. The minimum atomic E-state index is 0.0737. The average Bonchev–Trinajstić information content (AvgIpc) is 2.10. The van der Waals surface area contributed by atoms with E-state index >= 15 is 0 Å². The lowest BCUT2D eigenvalue weighted by atomic mass is 9.65. The van der Waals surface area contributed by atoms with Gasteiger partial charge in [-0.1, -0.05) is 20.8 Å². The average molecular weight is 199 g/mol. The molecule has 0 bridgehead atoms. The zero-order valence-corrected chi connectivity index (χ0v) is 10.3. The maximum absolute atomic E-state index is 5.76. The molecule has 1 saturated carbocycles. The van der Waals surface area contributed by atoms with Crippen molar-refractivity contribution in [1.29, 1.82) is 0 Å². The van der Waals surface area contributed by atoms with E-state index in [0.717, 1.165) is 6.54 Å². The molecule has 1 fully saturated rings. The van der Waals surface area contributed by atoms with Crippen LogP contribution >= 0.6 is 0 Å². The summed E-state index contributed by atoms with van der Waals surface area (Å²) in [5.41, 5.74) is 0.569. The molecule has 0 heterocycles. The third-order valence-corrected chi connectivity index (χ3v) is 3.86. The molecule has 1 N–H and O–H groups in total. The molecule has 1 rings (SSSR count). The second-order valence-electron chi connectivity index (χ2n) is 5.57. The molecule has 2 unspecified atom stereocenters. The Morgan fingerprint density at radius 1 is 1.36 bits per heavy atom. The Kier molecular flexibility index (Phi) is 3.59. The molecule has 0 amide bonds. The van der Waals surface area contributed by atoms with Crippen LogP contribution in [0.25, 0.3) is 0 Å². The van der Waals surface area contributed by atoms with Crippen LogP contribution in [0.15, 0.2) is 0 Å². The van der Waals surface area contributed by atoms with E-state index in [0.29, 0.717) is 11.3 Å². The van der Waals surface area contributed by atoms with Crippen LogP contribution in [-0.4, -0.2) is 26.3 Å². The third-order valence-electron chi connectivity index (χ3n) is 3.86. The number of nitrogens with one attached hydrogen (secondary N) is 1. The molecular formula is C12H25NO. The minimum Gasteiger partial charge on any atom is -0.377 e. The van der Waals surface area contributed by atoms with Gasteiger partial charge in [0, 0.05) is 13.7 Å². The van der Waals surface area contributed by atoms with Gasteiger partial charge in [-0.15, -0.1) is 0 Å². The second kappa shape index (κ2) is 4.19. The van der Waals surface area contributed by atoms with Crippen LogP contribution in [0, 0.1) is 11.3 Å². The number of likely N-dealkylation sites (N-methyl/N-ethyl adjacent to an activating group) is 1. The van der Waals surface area contributed by atoms with E-state index in [1.54, 1.807) is 0 Å². The Morgan fingerprint density at radius 3 is 2.43 bits per heavy atom. The van der Waals surface area contributed by atoms with E-state index in [9.17, 15) is 0 Å². The normalized spacial score (nSPS) is 37.1. The summed E-state index contributed by atoms with van der Waals surface area (Å²) >= 11 is 0. The van der Waals surface area contributed by atoms with Crippen molar-refractivity contribution in [2.24, 2.45) is 11.3 Å². The summed E-state index contributed by atoms with van der Waals surface area (Å²) in [5, 5.41) is 3.26. The lowest BCUT2D eigenvalue weighted by Crippen LogP contribution is -2.51. The van der Waals surface area contributed by atoms with Crippen molar-refractivity contribution in [2.75, 3.05) is 20.7 Å². The topological polar surface area (TPSA) is 21.3 Å². The SMILES string of the molecule is CNCC1(OC)CCC(C)(C)CC1C. The monoisotopic (exact) mass is 199 g/mol. The van der Waals surface area contributed by atoms with Gasteiger partial charge in [0.1, 0.15) is 0 Å². The maximum atomic E-state index is 5.76. The first kappa shape index (κ1) is 12.0. The number of rotatable bonds is 3. The van der Waals surface area contributed by atoms with E-state index in [4.69, 9.17) is 4.74 Å². The Hall–Kier alpha value is -0.0800. The van der Waals surface area contributed by atoms with Crippen LogP contribution in [0.4, 0.5) is 0 Å². The first-order chi connectivity index (χ1) is 6.46. The van der Waals surface area contributed by atoms with Gasteiger partial charge in [0.25, 0.3) is 0 Å². The molecule has 0 aromatic heterocycles. The lowest BCUT2D eigenvalue weighted by Gasteiger charge is -2.47. The Balaban J connectivity index is 2.71. The van der Waals surface area contributed by atoms with E-state index in [2.05, 4.69) is 26.1 Å². The number of ether oxygens (including phenoxy) is 1. The third kappa shape index (κ3) is 2.29. The van der Waals surface area contributed by atoms with Gasteiger partial charge in [0.15, 0.2) is 0 Å². The van der Waals surface area contributed by atoms with Crippen molar-refractivity contribution in [2.45, 2.75) is 45.6 Å². The summed E-state index contributed by atoms with van der Waals surface area (Å²) in [7, 11) is 3.86. The van der Waals surface area contributed by atoms with Crippen LogP contribution in [-0.2, 0) is 4.74 Å². The fourth-order valence-corrected chi connectivity index (χ4v) is 2.85. The van der Waals surface area contributed by atoms with Crippen molar-refractivity contribution in [3.63, 3.8) is 0 Å². The molecule has 0 aromatic carbocycles. The van der Waals surface area contributed by atoms with Crippen LogP contribution < -0.4 is 5.32 Å². The van der Waals surface area contributed by atoms with E-state index < -0.39 is 0 Å². The highest BCUT2D eigenvalue weighted by atomic mass is 16.5. The van der Waals surface area contributed by atoms with E-state index in [1.165, 1.54) is 19.3 Å². The van der Waals surface area contributed by atoms with Gasteiger partial charge in [0.05, 0.1) is 5.60 Å². The molecule has 0 saturated heterocycles. The van der Waals surface area contributed by atoms with Gasteiger partial charge >= 0.3 is 0 Å². The van der Waals surface area contributed by atoms with Crippen molar-refractivity contribution < 1.29 is 4.74 Å². The summed E-state index contributed by atoms with van der Waals surface area (Å²) in [6.45, 7) is 8.02. The van der Waals surface area contributed by atoms with E-state index in [1.807, 2.05) is 14.2 Å². The zero-order valence-electron chi connectivity index (χ0n) is 10.3. The molecule has 84 valence electrons. The first-order valence-corrected chi connectivity index (χ1v) is 5.65. The van der Waals surface area contributed by atoms with Crippen molar-refractivity contribution in [1.82, 2.24) is 5.32 Å². The van der Waals surface area contributed by atoms with Gasteiger partial charge in [-0.2, -0.15) is 0 Å². The van der Waals surface area contributed by atoms with E-state index in [-0.39, 0.29) is 5.60 Å². The summed E-state index contributed by atoms with van der Waals surface area (Å²) in [4.78, 5) is 0. The highest BCUT2D eigenvalue weighted by Gasteiger charge is 2.43. The predicted molar refractivity (Wildman–Crippen MR) is 60.5 cm³/mol. The maximum Gasteiger partial charge on any atom is 0.0828 e. The van der Waals surface area contributed by atoms with Crippen LogP contribution in [0.3, 0.4) is 0 Å². The summed E-state index contributed by atoms with van der Waals surface area (Å²) in [6.07, 6.45) is 3.72. The summed E-state index contributed by atoms with van der Waals surface area (Å²) < 4.78 is 5.76. The Labute approximate surface area is 88.4 Å². The molecular weight excluding hydrogens is 174 g/mol. The molecule has 14 heavy (non-hydrogen) atoms. The van der Waals surface area contributed by atoms with Crippen molar-refractivity contribution >= 4 is 0 Å². The highest BCUT2D eigenvalue weighted by Crippen LogP contribution is 2.45. The summed E-state index contributed by atoms with van der Waals surface area (Å²) in [5.74, 6) is 0.642. The fraction of sp³-hybridized carbons (Fsp3) is 1.00. The quantitative estimate of drug-likeness (QED) is 0.754. The standard InChI is InChI=1S/C12H25NO/c1-10-8-11(2,3)6-7-12(10,14-5)9-13-4/h10,13H,6-9H2,1-5H3.